The van der Waals surface area contributed by atoms with Gasteiger partial charge in [0.25, 0.3) is 5.91 Å². The minimum Gasteiger partial charge on any atom is -0.455 e. The van der Waals surface area contributed by atoms with Crippen LogP contribution in [0, 0.1) is 6.92 Å². The van der Waals surface area contributed by atoms with Gasteiger partial charge < -0.3 is 14.6 Å². The smallest absolute Gasteiger partial charge is 0.313 e. The maximum atomic E-state index is 12.1. The second-order valence-corrected chi connectivity index (χ2v) is 4.85. The van der Waals surface area contributed by atoms with E-state index in [2.05, 4.69) is 10.5 Å². The van der Waals surface area contributed by atoms with Crippen LogP contribution in [0.2, 0.25) is 0 Å². The lowest BCUT2D eigenvalue weighted by molar-refractivity contribution is -0.149. The first-order valence-corrected chi connectivity index (χ1v) is 7.05. The lowest BCUT2D eigenvalue weighted by Gasteiger charge is -2.14. The number of rotatable bonds is 6. The zero-order chi connectivity index (χ0) is 15.9. The van der Waals surface area contributed by atoms with Crippen molar-refractivity contribution < 1.29 is 18.8 Å². The maximum absolute atomic E-state index is 12.1. The number of hydrogen-bond donors (Lipinski definition) is 1. The highest BCUT2D eigenvalue weighted by atomic mass is 16.5. The van der Waals surface area contributed by atoms with Gasteiger partial charge in [0.15, 0.2) is 12.4 Å². The van der Waals surface area contributed by atoms with Gasteiger partial charge in [0.2, 0.25) is 0 Å². The van der Waals surface area contributed by atoms with Gasteiger partial charge in [-0.25, -0.2) is 0 Å². The summed E-state index contributed by atoms with van der Waals surface area (Å²) >= 11 is 0. The van der Waals surface area contributed by atoms with Crippen molar-refractivity contribution in [2.75, 3.05) is 11.9 Å². The highest BCUT2D eigenvalue weighted by molar-refractivity contribution is 5.92. The summed E-state index contributed by atoms with van der Waals surface area (Å²) in [6.45, 7) is 3.26. The molecule has 6 nitrogen and oxygen atoms in total. The molecule has 0 radical (unpaired) electrons. The Morgan fingerprint density at radius 2 is 2.05 bits per heavy atom. The number of aromatic nitrogens is 1. The number of esters is 1. The largest absolute Gasteiger partial charge is 0.455 e. The van der Waals surface area contributed by atoms with Gasteiger partial charge in [-0.1, -0.05) is 42.4 Å². The average Bonchev–Trinajstić information content (AvgIpc) is 2.92. The molecule has 1 atom stereocenters. The van der Waals surface area contributed by atoms with Crippen molar-refractivity contribution in [3.8, 4) is 0 Å². The summed E-state index contributed by atoms with van der Waals surface area (Å²) in [5, 5.41) is 6.13. The Kier molecular flexibility index (Phi) is 5.30. The van der Waals surface area contributed by atoms with E-state index in [1.54, 1.807) is 13.0 Å². The highest BCUT2D eigenvalue weighted by Crippen LogP contribution is 2.20. The van der Waals surface area contributed by atoms with Crippen molar-refractivity contribution >= 4 is 17.7 Å². The number of benzene rings is 1. The van der Waals surface area contributed by atoms with Crippen LogP contribution in [0.25, 0.3) is 0 Å². The van der Waals surface area contributed by atoms with E-state index in [1.165, 1.54) is 0 Å². The Balaban J connectivity index is 1.87. The molecule has 0 saturated heterocycles. The zero-order valence-corrected chi connectivity index (χ0v) is 12.5. The molecule has 0 aliphatic heterocycles. The lowest BCUT2D eigenvalue weighted by Crippen LogP contribution is -2.24. The van der Waals surface area contributed by atoms with Gasteiger partial charge >= 0.3 is 5.97 Å². The summed E-state index contributed by atoms with van der Waals surface area (Å²) in [6.07, 6.45) is 0.604. The number of nitrogens with one attached hydrogen (secondary N) is 1. The molecular weight excluding hydrogens is 284 g/mol. The fraction of sp³-hybridized carbons (Fsp3) is 0.312. The number of carbonyl (C=O) groups excluding carboxylic acids is 2. The van der Waals surface area contributed by atoms with Crippen LogP contribution in [-0.4, -0.2) is 23.6 Å². The predicted octanol–water partition coefficient (Wildman–Crippen LogP) is 2.66. The molecule has 2 rings (SSSR count). The van der Waals surface area contributed by atoms with Crippen LogP contribution in [0.1, 0.15) is 30.6 Å². The minimum absolute atomic E-state index is 0.300. The second-order valence-electron chi connectivity index (χ2n) is 4.85. The molecule has 0 bridgehead atoms. The Hall–Kier alpha value is -2.63. The molecule has 1 heterocycles. The summed E-state index contributed by atoms with van der Waals surface area (Å²) in [5.74, 6) is -0.357. The van der Waals surface area contributed by atoms with Gasteiger partial charge in [-0.15, -0.1) is 0 Å². The Bertz CT molecular complexity index is 637. The number of carbonyl (C=O) groups is 2. The third kappa shape index (κ3) is 4.18. The molecule has 1 amide bonds. The third-order valence-corrected chi connectivity index (χ3v) is 3.14. The van der Waals surface area contributed by atoms with Gasteiger partial charge in [-0.05, 0) is 18.9 Å². The summed E-state index contributed by atoms with van der Waals surface area (Å²) in [5.41, 5.74) is 0.877. The Morgan fingerprint density at radius 3 is 2.64 bits per heavy atom. The van der Waals surface area contributed by atoms with E-state index >= 15 is 0 Å². The first kappa shape index (κ1) is 15.8. The monoisotopic (exact) mass is 302 g/mol. The van der Waals surface area contributed by atoms with Crippen molar-refractivity contribution in [3.63, 3.8) is 0 Å². The molecule has 2 aromatic rings. The molecule has 1 aromatic heterocycles. The summed E-state index contributed by atoms with van der Waals surface area (Å²) < 4.78 is 9.91. The number of amides is 1. The number of ether oxygens (including phenoxy) is 1. The molecule has 116 valence electrons. The summed E-state index contributed by atoms with van der Waals surface area (Å²) in [6, 6.07) is 10.9. The fourth-order valence-electron chi connectivity index (χ4n) is 2.07. The molecule has 1 N–H and O–H groups in total. The molecule has 0 aliphatic rings. The van der Waals surface area contributed by atoms with Crippen molar-refractivity contribution in [2.24, 2.45) is 0 Å². The zero-order valence-electron chi connectivity index (χ0n) is 12.5. The van der Waals surface area contributed by atoms with Gasteiger partial charge in [-0.2, -0.15) is 0 Å². The van der Waals surface area contributed by atoms with Crippen LogP contribution < -0.4 is 5.32 Å². The van der Waals surface area contributed by atoms with E-state index in [1.807, 2.05) is 37.3 Å². The summed E-state index contributed by atoms with van der Waals surface area (Å²) in [4.78, 5) is 23.8. The van der Waals surface area contributed by atoms with Crippen LogP contribution in [0.5, 0.6) is 0 Å². The van der Waals surface area contributed by atoms with Gasteiger partial charge in [-0.3, -0.25) is 9.59 Å². The van der Waals surface area contributed by atoms with Gasteiger partial charge in [0.1, 0.15) is 5.76 Å². The Labute approximate surface area is 128 Å². The first-order chi connectivity index (χ1) is 10.6. The number of nitrogens with zero attached hydrogens (tertiary/aromatic N) is 1. The summed E-state index contributed by atoms with van der Waals surface area (Å²) in [7, 11) is 0. The van der Waals surface area contributed by atoms with Gasteiger partial charge in [0, 0.05) is 6.07 Å². The highest BCUT2D eigenvalue weighted by Gasteiger charge is 2.21. The van der Waals surface area contributed by atoms with Crippen molar-refractivity contribution in [2.45, 2.75) is 26.2 Å². The minimum atomic E-state index is -0.454. The fourth-order valence-corrected chi connectivity index (χ4v) is 2.07. The van der Waals surface area contributed by atoms with Gasteiger partial charge in [0.05, 0.1) is 5.92 Å². The molecule has 6 heteroatoms. The normalized spacial score (nSPS) is 11.7. The van der Waals surface area contributed by atoms with Crippen LogP contribution in [0.4, 0.5) is 5.82 Å². The van der Waals surface area contributed by atoms with E-state index in [-0.39, 0.29) is 12.5 Å². The van der Waals surface area contributed by atoms with Crippen molar-refractivity contribution in [1.82, 2.24) is 5.16 Å². The SMILES string of the molecule is CC[C@@H](C(=O)OCC(=O)Nc1cc(C)on1)c1ccccc1. The third-order valence-electron chi connectivity index (χ3n) is 3.14. The van der Waals surface area contributed by atoms with E-state index < -0.39 is 11.9 Å². The van der Waals surface area contributed by atoms with Crippen LogP contribution >= 0.6 is 0 Å². The quantitative estimate of drug-likeness (QED) is 0.830. The van der Waals surface area contributed by atoms with E-state index in [4.69, 9.17) is 9.26 Å². The first-order valence-electron chi connectivity index (χ1n) is 7.05. The van der Waals surface area contributed by atoms with E-state index in [0.29, 0.717) is 18.0 Å². The molecule has 0 saturated carbocycles. The number of hydrogen-bond acceptors (Lipinski definition) is 5. The molecule has 0 aliphatic carbocycles. The van der Waals surface area contributed by atoms with E-state index in [0.717, 1.165) is 5.56 Å². The standard InChI is InChI=1S/C16H18N2O4/c1-3-13(12-7-5-4-6-8-12)16(20)21-10-15(19)17-14-9-11(2)22-18-14/h4-9,13H,3,10H2,1-2H3,(H,17,18,19)/t13-/m1/s1. The second kappa shape index (κ2) is 7.40. The molecule has 0 spiro atoms. The van der Waals surface area contributed by atoms with E-state index in [9.17, 15) is 9.59 Å². The number of anilines is 1. The Morgan fingerprint density at radius 1 is 1.32 bits per heavy atom. The molecular formula is C16H18N2O4. The topological polar surface area (TPSA) is 81.4 Å². The average molecular weight is 302 g/mol. The maximum Gasteiger partial charge on any atom is 0.313 e. The van der Waals surface area contributed by atoms with Crippen LogP contribution in [-0.2, 0) is 14.3 Å². The predicted molar refractivity (Wildman–Crippen MR) is 80.3 cm³/mol. The van der Waals surface area contributed by atoms with Crippen molar-refractivity contribution in [1.29, 1.82) is 0 Å². The molecule has 0 fully saturated rings. The van der Waals surface area contributed by atoms with Crippen molar-refractivity contribution in [3.05, 3.63) is 47.7 Å². The molecule has 0 unspecified atom stereocenters. The lowest BCUT2D eigenvalue weighted by atomic mass is 9.97. The van der Waals surface area contributed by atoms with Crippen LogP contribution in [0.15, 0.2) is 40.9 Å². The number of aryl methyl sites for hydroxylation is 1. The molecule has 1 aromatic carbocycles. The van der Waals surface area contributed by atoms with Crippen LogP contribution in [0.3, 0.4) is 0 Å². The molecule has 22 heavy (non-hydrogen) atoms.